The van der Waals surface area contributed by atoms with Crippen molar-refractivity contribution in [2.24, 2.45) is 0 Å². The third kappa shape index (κ3) is 3.78. The van der Waals surface area contributed by atoms with Gasteiger partial charge in [-0.3, -0.25) is 4.79 Å². The van der Waals surface area contributed by atoms with Crippen molar-refractivity contribution in [2.45, 2.75) is 52.1 Å². The fraction of sp³-hybridized carbons (Fsp3) is 0.381. The number of aryl methyl sites for hydroxylation is 3. The first-order valence-corrected chi connectivity index (χ1v) is 8.82. The number of hydrogen-bond acceptors (Lipinski definition) is 2. The van der Waals surface area contributed by atoms with Gasteiger partial charge in [-0.1, -0.05) is 31.2 Å². The molecule has 0 saturated carbocycles. The van der Waals surface area contributed by atoms with Crippen LogP contribution in [0, 0.1) is 6.92 Å². The lowest BCUT2D eigenvalue weighted by Gasteiger charge is -2.20. The maximum atomic E-state index is 12.6. The van der Waals surface area contributed by atoms with Gasteiger partial charge in [-0.15, -0.1) is 0 Å². The van der Waals surface area contributed by atoms with Gasteiger partial charge in [0.25, 0.3) is 5.91 Å². The number of ether oxygens (including phenoxy) is 1. The predicted octanol–water partition coefficient (Wildman–Crippen LogP) is 4.67. The highest BCUT2D eigenvalue weighted by Gasteiger charge is 2.20. The topological polar surface area (TPSA) is 38.3 Å². The molecule has 0 radical (unpaired) electrons. The summed E-state index contributed by atoms with van der Waals surface area (Å²) in [4.78, 5) is 12.6. The van der Waals surface area contributed by atoms with Crippen molar-refractivity contribution in [1.29, 1.82) is 0 Å². The van der Waals surface area contributed by atoms with Crippen molar-refractivity contribution in [3.05, 3.63) is 59.2 Å². The molecular formula is C21H25NO2. The zero-order chi connectivity index (χ0) is 16.9. The Labute approximate surface area is 144 Å². The van der Waals surface area contributed by atoms with Crippen molar-refractivity contribution in [2.75, 3.05) is 5.32 Å². The minimum absolute atomic E-state index is 0.0930. The van der Waals surface area contributed by atoms with Crippen LogP contribution in [0.1, 0.15) is 42.9 Å². The lowest BCUT2D eigenvalue weighted by Crippen LogP contribution is -2.32. The lowest BCUT2D eigenvalue weighted by molar-refractivity contribution is -0.122. The number of amides is 1. The van der Waals surface area contributed by atoms with Crippen molar-refractivity contribution >= 4 is 11.6 Å². The average molecular weight is 323 g/mol. The van der Waals surface area contributed by atoms with Gasteiger partial charge in [-0.25, -0.2) is 0 Å². The number of para-hydroxylation sites is 1. The number of carbonyl (C=O) groups is 1. The predicted molar refractivity (Wildman–Crippen MR) is 97.6 cm³/mol. The molecule has 0 bridgehead atoms. The number of rotatable bonds is 5. The lowest BCUT2D eigenvalue weighted by atomic mass is 9.92. The highest BCUT2D eigenvalue weighted by molar-refractivity contribution is 5.95. The average Bonchev–Trinajstić information content (AvgIpc) is 2.61. The van der Waals surface area contributed by atoms with E-state index >= 15 is 0 Å². The molecule has 1 aliphatic rings. The molecular weight excluding hydrogens is 298 g/mol. The molecule has 0 aromatic heterocycles. The Morgan fingerprint density at radius 1 is 1.12 bits per heavy atom. The maximum Gasteiger partial charge on any atom is 0.265 e. The van der Waals surface area contributed by atoms with E-state index in [2.05, 4.69) is 17.4 Å². The molecule has 2 aromatic carbocycles. The normalized spacial score (nSPS) is 14.6. The summed E-state index contributed by atoms with van der Waals surface area (Å²) < 4.78 is 5.99. The molecule has 126 valence electrons. The molecule has 0 saturated heterocycles. The Bertz CT molecular complexity index is 724. The highest BCUT2D eigenvalue weighted by Crippen LogP contribution is 2.26. The molecule has 2 aromatic rings. The fourth-order valence-corrected chi connectivity index (χ4v) is 3.20. The number of fused-ring (bicyclic) bond motifs is 1. The zero-order valence-corrected chi connectivity index (χ0v) is 14.5. The summed E-state index contributed by atoms with van der Waals surface area (Å²) in [7, 11) is 0. The van der Waals surface area contributed by atoms with Crippen LogP contribution >= 0.6 is 0 Å². The van der Waals surface area contributed by atoms with Gasteiger partial charge in [0.05, 0.1) is 0 Å². The first-order valence-electron chi connectivity index (χ1n) is 8.82. The van der Waals surface area contributed by atoms with Gasteiger partial charge in [-0.05, 0) is 73.9 Å². The Hall–Kier alpha value is -2.29. The Morgan fingerprint density at radius 2 is 1.88 bits per heavy atom. The van der Waals surface area contributed by atoms with E-state index in [1.54, 1.807) is 0 Å². The van der Waals surface area contributed by atoms with Crippen molar-refractivity contribution in [1.82, 2.24) is 0 Å². The molecule has 0 unspecified atom stereocenters. The summed E-state index contributed by atoms with van der Waals surface area (Å²) in [6.45, 7) is 3.96. The zero-order valence-electron chi connectivity index (χ0n) is 14.5. The number of carbonyl (C=O) groups excluding carboxylic acids is 1. The summed E-state index contributed by atoms with van der Waals surface area (Å²) in [5.74, 6) is 0.701. The van der Waals surface area contributed by atoms with Crippen molar-refractivity contribution in [3.63, 3.8) is 0 Å². The second kappa shape index (κ2) is 7.52. The van der Waals surface area contributed by atoms with Crippen LogP contribution < -0.4 is 10.1 Å². The molecule has 3 rings (SSSR count). The minimum atomic E-state index is -0.480. The van der Waals surface area contributed by atoms with E-state index in [1.807, 2.05) is 44.2 Å². The van der Waals surface area contributed by atoms with Gasteiger partial charge in [-0.2, -0.15) is 0 Å². The second-order valence-corrected chi connectivity index (χ2v) is 6.46. The maximum absolute atomic E-state index is 12.6. The summed E-state index contributed by atoms with van der Waals surface area (Å²) in [6.07, 6.45) is 4.92. The van der Waals surface area contributed by atoms with Gasteiger partial charge in [0.2, 0.25) is 0 Å². The molecule has 1 N–H and O–H groups in total. The largest absolute Gasteiger partial charge is 0.481 e. The van der Waals surface area contributed by atoms with Crippen LogP contribution in [0.25, 0.3) is 0 Å². The monoisotopic (exact) mass is 323 g/mol. The molecule has 3 heteroatoms. The van der Waals surface area contributed by atoms with Crippen LogP contribution in [0.5, 0.6) is 5.75 Å². The summed E-state index contributed by atoms with van der Waals surface area (Å²) in [5, 5.41) is 2.98. The Morgan fingerprint density at radius 3 is 2.62 bits per heavy atom. The fourth-order valence-electron chi connectivity index (χ4n) is 3.20. The van der Waals surface area contributed by atoms with Crippen molar-refractivity contribution in [3.8, 4) is 5.75 Å². The van der Waals surface area contributed by atoms with E-state index < -0.39 is 6.10 Å². The molecule has 0 aliphatic heterocycles. The molecule has 1 atom stereocenters. The number of hydrogen-bond donors (Lipinski definition) is 1. The molecule has 3 nitrogen and oxygen atoms in total. The van der Waals surface area contributed by atoms with E-state index in [4.69, 9.17) is 4.74 Å². The smallest absolute Gasteiger partial charge is 0.265 e. The van der Waals surface area contributed by atoms with Crippen LogP contribution in [0.2, 0.25) is 0 Å². The Balaban J connectivity index is 1.70. The summed E-state index contributed by atoms with van der Waals surface area (Å²) >= 11 is 0. The van der Waals surface area contributed by atoms with Crippen LogP contribution in [0.3, 0.4) is 0 Å². The molecule has 0 spiro atoms. The summed E-state index contributed by atoms with van der Waals surface area (Å²) in [5.41, 5.74) is 4.68. The SMILES string of the molecule is CC[C@H](Oc1ccc2c(c1)CCCC2)C(=O)Nc1ccccc1C. The number of anilines is 1. The molecule has 1 aliphatic carbocycles. The van der Waals surface area contributed by atoms with E-state index in [1.165, 1.54) is 24.0 Å². The molecule has 0 heterocycles. The van der Waals surface area contributed by atoms with Gasteiger partial charge in [0.1, 0.15) is 5.75 Å². The first kappa shape index (κ1) is 16.6. The standard InChI is InChI=1S/C21H25NO2/c1-3-20(21(23)22-19-11-7-4-8-15(19)2)24-18-13-12-16-9-5-6-10-17(16)14-18/h4,7-8,11-14,20H,3,5-6,9-10H2,1-2H3,(H,22,23)/t20-/m0/s1. The Kier molecular flexibility index (Phi) is 5.19. The van der Waals surface area contributed by atoms with Gasteiger partial charge in [0, 0.05) is 5.69 Å². The molecule has 1 amide bonds. The molecule has 24 heavy (non-hydrogen) atoms. The number of nitrogens with one attached hydrogen (secondary N) is 1. The van der Waals surface area contributed by atoms with Crippen LogP contribution in [0.15, 0.2) is 42.5 Å². The van der Waals surface area contributed by atoms with Crippen LogP contribution in [-0.2, 0) is 17.6 Å². The van der Waals surface area contributed by atoms with Gasteiger partial charge >= 0.3 is 0 Å². The van der Waals surface area contributed by atoms with E-state index in [0.29, 0.717) is 6.42 Å². The highest BCUT2D eigenvalue weighted by atomic mass is 16.5. The third-order valence-corrected chi connectivity index (χ3v) is 4.66. The van der Waals surface area contributed by atoms with Gasteiger partial charge in [0.15, 0.2) is 6.10 Å². The summed E-state index contributed by atoms with van der Waals surface area (Å²) in [6, 6.07) is 14.0. The van der Waals surface area contributed by atoms with Crippen molar-refractivity contribution < 1.29 is 9.53 Å². The van der Waals surface area contributed by atoms with E-state index in [-0.39, 0.29) is 5.91 Å². The van der Waals surface area contributed by atoms with E-state index in [9.17, 15) is 4.79 Å². The molecule has 0 fully saturated rings. The minimum Gasteiger partial charge on any atom is -0.481 e. The third-order valence-electron chi connectivity index (χ3n) is 4.66. The van der Waals surface area contributed by atoms with Crippen LogP contribution in [0.4, 0.5) is 5.69 Å². The number of benzene rings is 2. The van der Waals surface area contributed by atoms with E-state index in [0.717, 1.165) is 29.8 Å². The van der Waals surface area contributed by atoms with Crippen LogP contribution in [-0.4, -0.2) is 12.0 Å². The first-order chi connectivity index (χ1) is 11.7. The quantitative estimate of drug-likeness (QED) is 0.868. The second-order valence-electron chi connectivity index (χ2n) is 6.46. The van der Waals surface area contributed by atoms with Gasteiger partial charge < -0.3 is 10.1 Å².